The van der Waals surface area contributed by atoms with Gasteiger partial charge in [0.1, 0.15) is 16.1 Å². The highest BCUT2D eigenvalue weighted by Gasteiger charge is 2.43. The van der Waals surface area contributed by atoms with Gasteiger partial charge in [0.05, 0.1) is 19.4 Å². The van der Waals surface area contributed by atoms with E-state index in [1.165, 1.54) is 57.8 Å². The molecule has 4 nitrogen and oxygen atoms in total. The van der Waals surface area contributed by atoms with Crippen molar-refractivity contribution in [2.24, 2.45) is 10.3 Å². The Balaban J connectivity index is 1.93. The summed E-state index contributed by atoms with van der Waals surface area (Å²) in [6.45, 7) is 7.24. The quantitative estimate of drug-likeness (QED) is 0.494. The molecular weight excluding hydrogens is 334 g/mol. The van der Waals surface area contributed by atoms with E-state index in [0.29, 0.717) is 19.1 Å². The Morgan fingerprint density at radius 1 is 1.00 bits per heavy atom. The molecule has 1 atom stereocenters. The van der Waals surface area contributed by atoms with Crippen molar-refractivity contribution in [3.8, 4) is 0 Å². The zero-order chi connectivity index (χ0) is 18.2. The molecule has 1 aliphatic carbocycles. The van der Waals surface area contributed by atoms with Gasteiger partial charge in [-0.1, -0.05) is 49.3 Å². The first-order valence-corrected chi connectivity index (χ1v) is 11.3. The molecule has 1 unspecified atom stereocenters. The van der Waals surface area contributed by atoms with E-state index in [2.05, 4.69) is 4.40 Å². The summed E-state index contributed by atoms with van der Waals surface area (Å²) in [5, 5.41) is 0. The lowest BCUT2D eigenvalue weighted by Crippen LogP contribution is -2.39. The lowest BCUT2D eigenvalue weighted by Gasteiger charge is -2.36. The van der Waals surface area contributed by atoms with Gasteiger partial charge in [-0.15, -0.1) is 0 Å². The predicted molar refractivity (Wildman–Crippen MR) is 105 cm³/mol. The van der Waals surface area contributed by atoms with Crippen molar-refractivity contribution in [3.63, 3.8) is 0 Å². The predicted octanol–water partition coefficient (Wildman–Crippen LogP) is 5.18. The molecule has 0 radical (unpaired) electrons. The van der Waals surface area contributed by atoms with Crippen LogP contribution in [-0.2, 0) is 20.8 Å². The lowest BCUT2D eigenvalue weighted by atomic mass is 9.84. The summed E-state index contributed by atoms with van der Waals surface area (Å²) in [5.74, 6) is 0.0451. The summed E-state index contributed by atoms with van der Waals surface area (Å²) in [6.07, 6.45) is 15.1. The van der Waals surface area contributed by atoms with Crippen molar-refractivity contribution in [3.05, 3.63) is 0 Å². The van der Waals surface area contributed by atoms with Gasteiger partial charge in [-0.05, 0) is 40.0 Å². The van der Waals surface area contributed by atoms with E-state index in [1.807, 2.05) is 27.0 Å². The van der Waals surface area contributed by atoms with E-state index in [4.69, 9.17) is 9.47 Å². The van der Waals surface area contributed by atoms with Gasteiger partial charge in [-0.25, -0.2) is 0 Å². The van der Waals surface area contributed by atoms with Crippen LogP contribution in [0.5, 0.6) is 0 Å². The molecule has 0 N–H and O–H groups in total. The Bertz CT molecular complexity index is 392. The van der Waals surface area contributed by atoms with Crippen molar-refractivity contribution in [2.75, 3.05) is 13.2 Å². The Kier molecular flexibility index (Phi) is 8.73. The van der Waals surface area contributed by atoms with Gasteiger partial charge >= 0.3 is 0 Å². The first-order chi connectivity index (χ1) is 11.9. The van der Waals surface area contributed by atoms with Gasteiger partial charge in [0, 0.05) is 12.3 Å². The largest absolute Gasteiger partial charge is 0.591 e. The summed E-state index contributed by atoms with van der Waals surface area (Å²) >= 11 is -1.18. The normalized spacial score (nSPS) is 25.3. The Morgan fingerprint density at radius 3 is 2.04 bits per heavy atom. The average Bonchev–Trinajstić information content (AvgIpc) is 3.05. The molecule has 0 aromatic heterocycles. The second-order valence-corrected chi connectivity index (χ2v) is 10.4. The lowest BCUT2D eigenvalue weighted by molar-refractivity contribution is -0.202. The SMILES string of the molecule is CC(C)(C)[S+]([O-])N=CCCC1(C2CCCCCCCCC2)OCCO1. The van der Waals surface area contributed by atoms with Crippen molar-refractivity contribution < 1.29 is 14.0 Å². The van der Waals surface area contributed by atoms with Crippen molar-refractivity contribution >= 4 is 17.6 Å². The maximum absolute atomic E-state index is 12.0. The number of nitrogens with zero attached hydrogens (tertiary/aromatic N) is 1. The van der Waals surface area contributed by atoms with E-state index in [0.717, 1.165) is 12.8 Å². The molecule has 0 spiro atoms. The van der Waals surface area contributed by atoms with Gasteiger partial charge in [0.15, 0.2) is 5.79 Å². The summed E-state index contributed by atoms with van der Waals surface area (Å²) < 4.78 is 28.3. The zero-order valence-electron chi connectivity index (χ0n) is 16.4. The molecular formula is C20H37NO3S. The molecule has 2 aliphatic rings. The maximum Gasteiger partial charge on any atom is 0.171 e. The van der Waals surface area contributed by atoms with Crippen molar-refractivity contribution in [1.29, 1.82) is 0 Å². The van der Waals surface area contributed by atoms with E-state index < -0.39 is 17.1 Å². The number of hydrogen-bond donors (Lipinski definition) is 0. The highest BCUT2D eigenvalue weighted by atomic mass is 32.2. The third-order valence-corrected chi connectivity index (χ3v) is 6.71. The fourth-order valence-corrected chi connectivity index (χ4v) is 4.41. The summed E-state index contributed by atoms with van der Waals surface area (Å²) in [7, 11) is 0. The van der Waals surface area contributed by atoms with Crippen LogP contribution < -0.4 is 0 Å². The second kappa shape index (κ2) is 10.3. The topological polar surface area (TPSA) is 53.9 Å². The number of ether oxygens (including phenoxy) is 2. The summed E-state index contributed by atoms with van der Waals surface area (Å²) in [4.78, 5) is 0. The van der Waals surface area contributed by atoms with Crippen LogP contribution in [0, 0.1) is 5.92 Å². The molecule has 1 aliphatic heterocycles. The molecule has 1 saturated heterocycles. The molecule has 1 saturated carbocycles. The molecule has 146 valence electrons. The Labute approximate surface area is 157 Å². The van der Waals surface area contributed by atoms with Crippen LogP contribution >= 0.6 is 0 Å². The number of rotatable bonds is 5. The number of hydrogen-bond acceptors (Lipinski definition) is 4. The first-order valence-electron chi connectivity index (χ1n) is 10.2. The summed E-state index contributed by atoms with van der Waals surface area (Å²) in [5.41, 5.74) is 0. The molecule has 25 heavy (non-hydrogen) atoms. The molecule has 1 heterocycles. The van der Waals surface area contributed by atoms with E-state index in [-0.39, 0.29) is 4.75 Å². The van der Waals surface area contributed by atoms with Gasteiger partial charge in [0.2, 0.25) is 0 Å². The van der Waals surface area contributed by atoms with Gasteiger partial charge in [-0.2, -0.15) is 0 Å². The second-order valence-electron chi connectivity index (χ2n) is 8.45. The van der Waals surface area contributed by atoms with Crippen LogP contribution in [-0.4, -0.2) is 34.5 Å². The van der Waals surface area contributed by atoms with Crippen LogP contribution in [0.4, 0.5) is 0 Å². The van der Waals surface area contributed by atoms with Crippen LogP contribution in [0.1, 0.15) is 91.4 Å². The first kappa shape index (κ1) is 21.2. The highest BCUT2D eigenvalue weighted by Crippen LogP contribution is 2.39. The van der Waals surface area contributed by atoms with Crippen LogP contribution in [0.2, 0.25) is 0 Å². The standard InChI is InChI=1S/C20H37NO3S/c1-19(2,3)25(22)21-15-11-14-20(23-16-17-24-20)18-12-9-7-5-4-6-8-10-13-18/h15,18H,4-14,16-17H2,1-3H3. The van der Waals surface area contributed by atoms with Crippen LogP contribution in [0.3, 0.4) is 0 Å². The van der Waals surface area contributed by atoms with Crippen molar-refractivity contribution in [2.45, 2.75) is 102 Å². The Morgan fingerprint density at radius 2 is 1.52 bits per heavy atom. The minimum absolute atomic E-state index is 0.301. The van der Waals surface area contributed by atoms with Gasteiger partial charge in [-0.3, -0.25) is 0 Å². The Hall–Kier alpha value is -0.100. The zero-order valence-corrected chi connectivity index (χ0v) is 17.2. The minimum Gasteiger partial charge on any atom is -0.591 e. The highest BCUT2D eigenvalue weighted by molar-refractivity contribution is 7.91. The van der Waals surface area contributed by atoms with Gasteiger partial charge < -0.3 is 14.0 Å². The molecule has 0 aromatic rings. The van der Waals surface area contributed by atoms with Crippen LogP contribution in [0.15, 0.2) is 4.40 Å². The molecule has 0 bridgehead atoms. The monoisotopic (exact) mass is 371 g/mol. The third kappa shape index (κ3) is 6.85. The minimum atomic E-state index is -1.18. The van der Waals surface area contributed by atoms with Gasteiger partial charge in [0.25, 0.3) is 0 Å². The molecule has 0 amide bonds. The molecule has 2 rings (SSSR count). The fraction of sp³-hybridized carbons (Fsp3) is 0.950. The average molecular weight is 372 g/mol. The maximum atomic E-state index is 12.0. The molecule has 0 aromatic carbocycles. The third-order valence-electron chi connectivity index (χ3n) is 5.32. The van der Waals surface area contributed by atoms with Crippen molar-refractivity contribution in [1.82, 2.24) is 0 Å². The smallest absolute Gasteiger partial charge is 0.171 e. The molecule has 5 heteroatoms. The molecule has 2 fully saturated rings. The van der Waals surface area contributed by atoms with Crippen LogP contribution in [0.25, 0.3) is 0 Å². The van der Waals surface area contributed by atoms with E-state index in [9.17, 15) is 4.55 Å². The summed E-state index contributed by atoms with van der Waals surface area (Å²) in [6, 6.07) is 0. The fourth-order valence-electron chi connectivity index (χ4n) is 3.85. The van der Waals surface area contributed by atoms with E-state index in [1.54, 1.807) is 0 Å². The van der Waals surface area contributed by atoms with E-state index >= 15 is 0 Å².